The predicted molar refractivity (Wildman–Crippen MR) is 64.9 cm³/mol. The molecule has 0 saturated heterocycles. The molecule has 1 aromatic carbocycles. The van der Waals surface area contributed by atoms with Gasteiger partial charge < -0.3 is 5.11 Å². The number of pyridine rings is 1. The van der Waals surface area contributed by atoms with Crippen LogP contribution in [0.15, 0.2) is 24.4 Å². The van der Waals surface area contributed by atoms with Gasteiger partial charge in [-0.2, -0.15) is 0 Å². The number of rotatable bonds is 1. The van der Waals surface area contributed by atoms with Gasteiger partial charge >= 0.3 is 0 Å². The maximum Gasteiger partial charge on any atom is 0.290 e. The third-order valence-corrected chi connectivity index (χ3v) is 2.39. The molecule has 18 heavy (non-hydrogen) atoms. The first-order chi connectivity index (χ1) is 8.49. The molecule has 1 aromatic heterocycles. The molecule has 0 fully saturated rings. The average molecular weight is 253 g/mol. The second-order valence-corrected chi connectivity index (χ2v) is 3.83. The van der Waals surface area contributed by atoms with E-state index in [1.807, 2.05) is 26.0 Å². The van der Waals surface area contributed by atoms with Crippen LogP contribution < -0.4 is 0 Å². The number of hydrogen-bond acceptors (Lipinski definition) is 2. The summed E-state index contributed by atoms with van der Waals surface area (Å²) in [5.41, 5.74) is 2.86. The van der Waals surface area contributed by atoms with Crippen LogP contribution in [0.1, 0.15) is 23.1 Å². The highest BCUT2D eigenvalue weighted by Gasteiger charge is 2.09. The first kappa shape index (κ1) is 14.0. The first-order valence-corrected chi connectivity index (χ1v) is 5.22. The molecular weight excluding hydrogens is 240 g/mol. The molecule has 0 saturated carbocycles. The van der Waals surface area contributed by atoms with Gasteiger partial charge in [-0.25, -0.2) is 8.78 Å². The van der Waals surface area contributed by atoms with E-state index < -0.39 is 6.43 Å². The maximum atomic E-state index is 12.5. The molecule has 2 rings (SSSR count). The van der Waals surface area contributed by atoms with Crippen LogP contribution in [-0.2, 0) is 4.79 Å². The van der Waals surface area contributed by atoms with Crippen LogP contribution in [0.25, 0.3) is 10.9 Å². The van der Waals surface area contributed by atoms with Crippen molar-refractivity contribution in [3.05, 3.63) is 41.1 Å². The van der Waals surface area contributed by atoms with Gasteiger partial charge in [0, 0.05) is 17.1 Å². The molecule has 0 amide bonds. The predicted octanol–water partition coefficient (Wildman–Crippen LogP) is 3.49. The lowest BCUT2D eigenvalue weighted by Gasteiger charge is -2.05. The van der Waals surface area contributed by atoms with Crippen LogP contribution in [0.4, 0.5) is 8.78 Å². The molecule has 1 N–H and O–H groups in total. The van der Waals surface area contributed by atoms with E-state index in [1.165, 1.54) is 12.3 Å². The molecular formula is C13H13F2NO2. The van der Waals surface area contributed by atoms with Crippen molar-refractivity contribution in [1.29, 1.82) is 0 Å². The third-order valence-electron chi connectivity index (χ3n) is 2.39. The van der Waals surface area contributed by atoms with Crippen molar-refractivity contribution in [2.75, 3.05) is 0 Å². The molecule has 3 nitrogen and oxygen atoms in total. The molecule has 0 unspecified atom stereocenters. The summed E-state index contributed by atoms with van der Waals surface area (Å²) in [5, 5.41) is 7.67. The number of hydrogen-bond donors (Lipinski definition) is 1. The third kappa shape index (κ3) is 3.23. The van der Waals surface area contributed by atoms with Gasteiger partial charge in [0.15, 0.2) is 0 Å². The van der Waals surface area contributed by atoms with Crippen molar-refractivity contribution < 1.29 is 18.7 Å². The Morgan fingerprint density at radius 2 is 1.89 bits per heavy atom. The van der Waals surface area contributed by atoms with Gasteiger partial charge in [-0.05, 0) is 31.5 Å². The van der Waals surface area contributed by atoms with Gasteiger partial charge in [0.1, 0.15) is 0 Å². The molecule has 96 valence electrons. The highest BCUT2D eigenvalue weighted by molar-refractivity contribution is 5.82. The van der Waals surface area contributed by atoms with Crippen LogP contribution in [-0.4, -0.2) is 16.6 Å². The molecule has 0 aliphatic rings. The molecule has 2 aromatic rings. The standard InChI is InChI=1S/C12H11F2N.CH2O2/c1-7-3-8(2)11-9(4-7)5-10(6-15-11)12(13)14;2-1-3/h3-6,12H,1-2H3;1H,(H,2,3). The Bertz CT molecular complexity index is 556. The largest absolute Gasteiger partial charge is 0.483 e. The summed E-state index contributed by atoms with van der Waals surface area (Å²) in [4.78, 5) is 12.4. The van der Waals surface area contributed by atoms with E-state index in [-0.39, 0.29) is 12.0 Å². The summed E-state index contributed by atoms with van der Waals surface area (Å²) in [6.07, 6.45) is -1.21. The fraction of sp³-hybridized carbons (Fsp3) is 0.231. The monoisotopic (exact) mass is 253 g/mol. The second kappa shape index (κ2) is 6.05. The van der Waals surface area contributed by atoms with Gasteiger partial charge in [0.2, 0.25) is 0 Å². The van der Waals surface area contributed by atoms with Crippen molar-refractivity contribution in [2.45, 2.75) is 20.3 Å². The number of benzene rings is 1. The lowest BCUT2D eigenvalue weighted by atomic mass is 10.1. The average Bonchev–Trinajstić information content (AvgIpc) is 2.28. The Morgan fingerprint density at radius 3 is 2.44 bits per heavy atom. The summed E-state index contributed by atoms with van der Waals surface area (Å²) in [5.74, 6) is 0. The van der Waals surface area contributed by atoms with E-state index in [1.54, 1.807) is 0 Å². The fourth-order valence-electron chi connectivity index (χ4n) is 1.75. The maximum absolute atomic E-state index is 12.5. The van der Waals surface area contributed by atoms with Gasteiger partial charge in [-0.1, -0.05) is 11.6 Å². The minimum Gasteiger partial charge on any atom is -0.483 e. The summed E-state index contributed by atoms with van der Waals surface area (Å²) in [6.45, 7) is 3.63. The van der Waals surface area contributed by atoms with Gasteiger partial charge in [-0.15, -0.1) is 0 Å². The van der Waals surface area contributed by atoms with Crippen LogP contribution in [0.2, 0.25) is 0 Å². The smallest absolute Gasteiger partial charge is 0.290 e. The number of alkyl halides is 2. The van der Waals surface area contributed by atoms with Gasteiger partial charge in [0.25, 0.3) is 12.9 Å². The minimum atomic E-state index is -2.46. The molecule has 5 heteroatoms. The summed E-state index contributed by atoms with van der Waals surface area (Å²) < 4.78 is 24.9. The van der Waals surface area contributed by atoms with Crippen molar-refractivity contribution >= 4 is 17.4 Å². The van der Waals surface area contributed by atoms with E-state index in [2.05, 4.69) is 4.98 Å². The zero-order valence-corrected chi connectivity index (χ0v) is 10.0. The number of aryl methyl sites for hydroxylation is 2. The van der Waals surface area contributed by atoms with E-state index in [0.717, 1.165) is 22.0 Å². The Kier molecular flexibility index (Phi) is 4.71. The topological polar surface area (TPSA) is 50.2 Å². The lowest BCUT2D eigenvalue weighted by molar-refractivity contribution is -0.122. The number of carbonyl (C=O) groups is 1. The SMILES string of the molecule is Cc1cc(C)c2ncc(C(F)F)cc2c1.O=CO. The lowest BCUT2D eigenvalue weighted by Crippen LogP contribution is -1.90. The Morgan fingerprint density at radius 1 is 1.28 bits per heavy atom. The number of fused-ring (bicyclic) bond motifs is 1. The number of carboxylic acid groups (broad SMARTS) is 1. The Labute approximate surface area is 103 Å². The molecule has 0 atom stereocenters. The van der Waals surface area contributed by atoms with Gasteiger partial charge in [0.05, 0.1) is 5.52 Å². The fourth-order valence-corrected chi connectivity index (χ4v) is 1.75. The normalized spacial score (nSPS) is 10.1. The van der Waals surface area contributed by atoms with Crippen molar-refractivity contribution in [2.24, 2.45) is 0 Å². The van der Waals surface area contributed by atoms with Gasteiger partial charge in [-0.3, -0.25) is 9.78 Å². The molecule has 0 aliphatic carbocycles. The Balaban J connectivity index is 0.000000492. The van der Waals surface area contributed by atoms with Crippen molar-refractivity contribution in [1.82, 2.24) is 4.98 Å². The van der Waals surface area contributed by atoms with E-state index >= 15 is 0 Å². The quantitative estimate of drug-likeness (QED) is 0.791. The van der Waals surface area contributed by atoms with Crippen LogP contribution in [0, 0.1) is 13.8 Å². The Hall–Kier alpha value is -2.04. The summed E-state index contributed by atoms with van der Waals surface area (Å²) in [7, 11) is 0. The number of halogens is 2. The molecule has 0 radical (unpaired) electrons. The summed E-state index contributed by atoms with van der Waals surface area (Å²) in [6, 6.07) is 5.38. The molecule has 0 spiro atoms. The molecule has 0 bridgehead atoms. The highest BCUT2D eigenvalue weighted by atomic mass is 19.3. The zero-order valence-electron chi connectivity index (χ0n) is 10.0. The van der Waals surface area contributed by atoms with Crippen molar-refractivity contribution in [3.63, 3.8) is 0 Å². The molecule has 0 aliphatic heterocycles. The van der Waals surface area contributed by atoms with E-state index in [9.17, 15) is 8.78 Å². The van der Waals surface area contributed by atoms with Crippen LogP contribution >= 0.6 is 0 Å². The minimum absolute atomic E-state index is 0.0208. The molecule has 1 heterocycles. The number of nitrogens with zero attached hydrogens (tertiary/aromatic N) is 1. The number of aromatic nitrogens is 1. The second-order valence-electron chi connectivity index (χ2n) is 3.83. The first-order valence-electron chi connectivity index (χ1n) is 5.22. The van der Waals surface area contributed by atoms with Crippen LogP contribution in [0.5, 0.6) is 0 Å². The zero-order chi connectivity index (χ0) is 13.7. The van der Waals surface area contributed by atoms with Crippen LogP contribution in [0.3, 0.4) is 0 Å². The van der Waals surface area contributed by atoms with E-state index in [4.69, 9.17) is 9.90 Å². The van der Waals surface area contributed by atoms with E-state index in [0.29, 0.717) is 0 Å². The van der Waals surface area contributed by atoms with Crippen molar-refractivity contribution in [3.8, 4) is 0 Å². The summed E-state index contributed by atoms with van der Waals surface area (Å²) >= 11 is 0. The highest BCUT2D eigenvalue weighted by Crippen LogP contribution is 2.24.